The van der Waals surface area contributed by atoms with Gasteiger partial charge in [0.1, 0.15) is 5.75 Å². The predicted molar refractivity (Wildman–Crippen MR) is 106 cm³/mol. The van der Waals surface area contributed by atoms with Crippen molar-refractivity contribution in [3.05, 3.63) is 54.4 Å². The van der Waals surface area contributed by atoms with Gasteiger partial charge in [0, 0.05) is 0 Å². The van der Waals surface area contributed by atoms with Gasteiger partial charge < -0.3 is 4.74 Å². The predicted octanol–water partition coefficient (Wildman–Crippen LogP) is 6.25. The molecule has 0 saturated heterocycles. The number of rotatable bonds is 3. The lowest BCUT2D eigenvalue weighted by Gasteiger charge is -2.14. The second-order valence-corrected chi connectivity index (χ2v) is 8.85. The average molecular weight is 464 g/mol. The van der Waals surface area contributed by atoms with Gasteiger partial charge in [0.05, 0.1) is 6.61 Å². The van der Waals surface area contributed by atoms with Crippen LogP contribution in [0.15, 0.2) is 36.9 Å². The summed E-state index contributed by atoms with van der Waals surface area (Å²) in [6.45, 7) is 6.19. The normalized spacial score (nSPS) is 11.3. The van der Waals surface area contributed by atoms with Crippen LogP contribution in [0.3, 0.4) is 0 Å². The number of hydrogen-bond acceptors (Lipinski definition) is 4. The summed E-state index contributed by atoms with van der Waals surface area (Å²) in [7, 11) is 0. The van der Waals surface area contributed by atoms with Crippen LogP contribution >= 0.6 is 69.6 Å². The summed E-state index contributed by atoms with van der Waals surface area (Å²) >= 11 is 33.7. The number of aromatic nitrogens is 3. The molecule has 0 amide bonds. The van der Waals surface area contributed by atoms with Crippen molar-refractivity contribution in [2.75, 3.05) is 6.61 Å². The topological polar surface area (TPSA) is 47.9 Å². The van der Waals surface area contributed by atoms with Crippen molar-refractivity contribution < 1.29 is 4.74 Å². The van der Waals surface area contributed by atoms with Gasteiger partial charge in [-0.1, -0.05) is 94.4 Å². The number of halogens is 6. The van der Waals surface area contributed by atoms with E-state index in [1.54, 1.807) is 0 Å². The zero-order valence-corrected chi connectivity index (χ0v) is 17.4. The lowest BCUT2D eigenvalue weighted by molar-refractivity contribution is 0.340. The van der Waals surface area contributed by atoms with Crippen LogP contribution in [0.1, 0.15) is 24.4 Å². The highest BCUT2D eigenvalue weighted by Gasteiger charge is 2.33. The number of ether oxygens (including phenoxy) is 1. The summed E-state index contributed by atoms with van der Waals surface area (Å²) in [5, 5.41) is 0. The fraction of sp³-hybridized carbons (Fsp3) is 0.267. The molecule has 0 unspecified atom stereocenters. The van der Waals surface area contributed by atoms with E-state index in [2.05, 4.69) is 21.5 Å². The number of alkyl halides is 6. The zero-order chi connectivity index (χ0) is 19.1. The molecule has 0 aliphatic rings. The summed E-state index contributed by atoms with van der Waals surface area (Å²) in [6.07, 6.45) is 1.32. The van der Waals surface area contributed by atoms with Gasteiger partial charge in [0.15, 0.2) is 17.5 Å². The van der Waals surface area contributed by atoms with E-state index >= 15 is 0 Å². The molecule has 1 aromatic carbocycles. The van der Waals surface area contributed by atoms with E-state index in [1.807, 2.05) is 37.3 Å². The van der Waals surface area contributed by atoms with E-state index in [0.29, 0.717) is 0 Å². The van der Waals surface area contributed by atoms with Gasteiger partial charge in [-0.25, -0.2) is 15.0 Å². The number of para-hydroxylation sites is 1. The van der Waals surface area contributed by atoms with Crippen LogP contribution in [0, 0.1) is 0 Å². The van der Waals surface area contributed by atoms with Crippen molar-refractivity contribution >= 4 is 75.7 Å². The molecule has 0 radical (unpaired) electrons. The lowest BCUT2D eigenvalue weighted by atomic mass is 10.3. The SMILES string of the molecule is C=Cc1nc(C(Cl)(Cl)Cl)nc(C(Cl)(Cl)Cl)n1.CCOc1ccccc1. The van der Waals surface area contributed by atoms with Gasteiger partial charge in [0.25, 0.3) is 0 Å². The van der Waals surface area contributed by atoms with Crippen LogP contribution in [0.2, 0.25) is 0 Å². The van der Waals surface area contributed by atoms with Crippen LogP contribution in [0.25, 0.3) is 6.08 Å². The summed E-state index contributed by atoms with van der Waals surface area (Å²) in [6, 6.07) is 9.80. The molecule has 10 heteroatoms. The van der Waals surface area contributed by atoms with Crippen molar-refractivity contribution in [1.82, 2.24) is 15.0 Å². The Kier molecular flexibility index (Phi) is 9.02. The standard InChI is InChI=1S/C8H10O.C7H3Cl6N3/c1-2-9-8-6-4-3-5-7-8;1-2-3-14-4(6(8,9)10)16-5(15-3)7(11,12)13/h3-7H,2H2,1H3;2H,1H2. The second-order valence-electron chi connectivity index (χ2n) is 4.29. The van der Waals surface area contributed by atoms with Crippen molar-refractivity contribution in [2.45, 2.75) is 14.5 Å². The van der Waals surface area contributed by atoms with Crippen molar-refractivity contribution in [1.29, 1.82) is 0 Å². The molecule has 1 heterocycles. The second kappa shape index (κ2) is 10.0. The first-order chi connectivity index (χ1) is 11.6. The molecule has 0 atom stereocenters. The Morgan fingerprint density at radius 3 is 1.76 bits per heavy atom. The minimum Gasteiger partial charge on any atom is -0.494 e. The molecule has 0 N–H and O–H groups in total. The number of hydrogen-bond donors (Lipinski definition) is 0. The molecular formula is C15H13Cl6N3O. The Labute approximate surface area is 176 Å². The first-order valence-electron chi connectivity index (χ1n) is 6.78. The Morgan fingerprint density at radius 1 is 0.920 bits per heavy atom. The highest BCUT2D eigenvalue weighted by Crippen LogP contribution is 2.39. The molecular weight excluding hydrogens is 451 g/mol. The fourth-order valence-electron chi connectivity index (χ4n) is 1.42. The summed E-state index contributed by atoms with van der Waals surface area (Å²) in [5.74, 6) is 0.824. The molecule has 0 aliphatic heterocycles. The van der Waals surface area contributed by atoms with Crippen LogP contribution in [0.5, 0.6) is 5.75 Å². The van der Waals surface area contributed by atoms with Crippen LogP contribution in [-0.4, -0.2) is 21.6 Å². The molecule has 2 aromatic rings. The van der Waals surface area contributed by atoms with Gasteiger partial charge in [0.2, 0.25) is 7.59 Å². The Morgan fingerprint density at radius 2 is 1.40 bits per heavy atom. The lowest BCUT2D eigenvalue weighted by Crippen LogP contribution is -2.16. The van der Waals surface area contributed by atoms with Crippen molar-refractivity contribution in [3.63, 3.8) is 0 Å². The van der Waals surface area contributed by atoms with E-state index in [1.165, 1.54) is 6.08 Å². The highest BCUT2D eigenvalue weighted by atomic mass is 35.6. The molecule has 0 aliphatic carbocycles. The Balaban J connectivity index is 0.000000293. The molecule has 4 nitrogen and oxygen atoms in total. The Hall–Kier alpha value is -0.490. The largest absolute Gasteiger partial charge is 0.494 e. The highest BCUT2D eigenvalue weighted by molar-refractivity contribution is 6.67. The van der Waals surface area contributed by atoms with Gasteiger partial charge >= 0.3 is 0 Å². The van der Waals surface area contributed by atoms with Gasteiger partial charge in [-0.2, -0.15) is 0 Å². The maximum Gasteiger partial charge on any atom is 0.250 e. The minimum absolute atomic E-state index is 0.135. The smallest absolute Gasteiger partial charge is 0.250 e. The Bertz CT molecular complexity index is 654. The summed E-state index contributed by atoms with van der Waals surface area (Å²) < 4.78 is 1.55. The summed E-state index contributed by atoms with van der Waals surface area (Å²) in [5.41, 5.74) is 0. The molecule has 0 spiro atoms. The van der Waals surface area contributed by atoms with E-state index in [9.17, 15) is 0 Å². The minimum atomic E-state index is -1.83. The fourth-order valence-corrected chi connectivity index (χ4v) is 1.93. The maximum absolute atomic E-state index is 5.62. The third-order valence-electron chi connectivity index (χ3n) is 2.40. The van der Waals surface area contributed by atoms with Crippen LogP contribution in [0.4, 0.5) is 0 Å². The van der Waals surface area contributed by atoms with E-state index < -0.39 is 7.59 Å². The first-order valence-corrected chi connectivity index (χ1v) is 9.05. The van der Waals surface area contributed by atoms with E-state index in [4.69, 9.17) is 74.3 Å². The van der Waals surface area contributed by atoms with Gasteiger partial charge in [-0.05, 0) is 25.1 Å². The van der Waals surface area contributed by atoms with Gasteiger partial charge in [-0.3, -0.25) is 0 Å². The monoisotopic (exact) mass is 461 g/mol. The van der Waals surface area contributed by atoms with Crippen LogP contribution in [-0.2, 0) is 7.59 Å². The van der Waals surface area contributed by atoms with Crippen molar-refractivity contribution in [3.8, 4) is 5.75 Å². The third kappa shape index (κ3) is 8.16. The molecule has 1 aromatic heterocycles. The molecule has 2 rings (SSSR count). The molecule has 25 heavy (non-hydrogen) atoms. The molecule has 0 saturated carbocycles. The van der Waals surface area contributed by atoms with Crippen molar-refractivity contribution in [2.24, 2.45) is 0 Å². The number of benzene rings is 1. The molecule has 136 valence electrons. The maximum atomic E-state index is 5.62. The molecule has 0 fully saturated rings. The summed E-state index contributed by atoms with van der Waals surface area (Å²) in [4.78, 5) is 11.4. The number of nitrogens with zero attached hydrogens (tertiary/aromatic N) is 3. The van der Waals surface area contributed by atoms with E-state index in [0.717, 1.165) is 12.4 Å². The van der Waals surface area contributed by atoms with E-state index in [-0.39, 0.29) is 17.5 Å². The first kappa shape index (κ1) is 22.6. The average Bonchev–Trinajstić information content (AvgIpc) is 2.54. The zero-order valence-electron chi connectivity index (χ0n) is 12.9. The third-order valence-corrected chi connectivity index (χ3v) is 3.41. The quantitative estimate of drug-likeness (QED) is 0.504. The van der Waals surface area contributed by atoms with Crippen LogP contribution < -0.4 is 4.74 Å². The molecule has 0 bridgehead atoms. The van der Waals surface area contributed by atoms with Gasteiger partial charge in [-0.15, -0.1) is 0 Å².